The first-order valence-electron chi connectivity index (χ1n) is 3.41. The third kappa shape index (κ3) is 5.56. The Labute approximate surface area is 61.0 Å². The van der Waals surface area contributed by atoms with Crippen molar-refractivity contribution < 1.29 is 14.6 Å². The van der Waals surface area contributed by atoms with E-state index in [9.17, 15) is 4.79 Å². The molecule has 0 aliphatic heterocycles. The van der Waals surface area contributed by atoms with E-state index in [1.54, 1.807) is 0 Å². The fraction of sp³-hybridized carbons (Fsp3) is 0.857. The summed E-state index contributed by atoms with van der Waals surface area (Å²) in [5.74, 6) is -0.0375. The molecule has 1 N–H and O–H groups in total. The molecule has 60 valence electrons. The van der Waals surface area contributed by atoms with Gasteiger partial charge in [0, 0.05) is 13.5 Å². The first-order valence-corrected chi connectivity index (χ1v) is 3.41. The molecular formula is C7H14O3. The molecule has 0 fully saturated rings. The Balaban J connectivity index is 3.11. The lowest BCUT2D eigenvalue weighted by molar-refractivity contribution is -0.141. The van der Waals surface area contributed by atoms with Crippen molar-refractivity contribution in [3.63, 3.8) is 0 Å². The highest BCUT2D eigenvalue weighted by Crippen LogP contribution is 1.99. The number of ether oxygens (including phenoxy) is 1. The van der Waals surface area contributed by atoms with E-state index in [0.717, 1.165) is 6.42 Å². The van der Waals surface area contributed by atoms with Gasteiger partial charge in [-0.3, -0.25) is 4.79 Å². The van der Waals surface area contributed by atoms with E-state index in [1.807, 2.05) is 6.92 Å². The summed E-state index contributed by atoms with van der Waals surface area (Å²) < 4.78 is 4.66. The van der Waals surface area contributed by atoms with Gasteiger partial charge >= 0.3 is 5.97 Å². The van der Waals surface area contributed by atoms with Gasteiger partial charge in [0.2, 0.25) is 0 Å². The van der Waals surface area contributed by atoms with Crippen molar-refractivity contribution >= 4 is 5.97 Å². The SMILES string of the molecule is CC(=O)OCC[C@@H](C)CO. The fourth-order valence-electron chi connectivity index (χ4n) is 0.495. The molecule has 0 saturated heterocycles. The zero-order valence-electron chi connectivity index (χ0n) is 6.46. The molecule has 0 spiro atoms. The van der Waals surface area contributed by atoms with Crippen molar-refractivity contribution in [2.24, 2.45) is 5.92 Å². The predicted molar refractivity (Wildman–Crippen MR) is 37.5 cm³/mol. The summed E-state index contributed by atoms with van der Waals surface area (Å²) in [6.45, 7) is 3.85. The highest BCUT2D eigenvalue weighted by Gasteiger charge is 1.99. The second-order valence-corrected chi connectivity index (χ2v) is 2.42. The van der Waals surface area contributed by atoms with Gasteiger partial charge in [0.1, 0.15) is 0 Å². The zero-order valence-corrected chi connectivity index (χ0v) is 6.46. The highest BCUT2D eigenvalue weighted by molar-refractivity contribution is 5.65. The third-order valence-corrected chi connectivity index (χ3v) is 1.23. The number of hydrogen-bond donors (Lipinski definition) is 1. The van der Waals surface area contributed by atoms with Crippen LogP contribution in [0.4, 0.5) is 0 Å². The number of carbonyl (C=O) groups is 1. The molecule has 1 atom stereocenters. The minimum atomic E-state index is -0.259. The molecule has 0 aromatic carbocycles. The lowest BCUT2D eigenvalue weighted by Gasteiger charge is -2.06. The Morgan fingerprint density at radius 2 is 2.30 bits per heavy atom. The van der Waals surface area contributed by atoms with Crippen LogP contribution in [-0.2, 0) is 9.53 Å². The topological polar surface area (TPSA) is 46.5 Å². The van der Waals surface area contributed by atoms with E-state index in [4.69, 9.17) is 5.11 Å². The second-order valence-electron chi connectivity index (χ2n) is 2.42. The maximum atomic E-state index is 10.2. The van der Waals surface area contributed by atoms with Gasteiger partial charge in [-0.1, -0.05) is 6.92 Å². The summed E-state index contributed by atoms with van der Waals surface area (Å²) in [6, 6.07) is 0. The Kier molecular flexibility index (Phi) is 4.94. The number of aliphatic hydroxyl groups excluding tert-OH is 1. The lowest BCUT2D eigenvalue weighted by atomic mass is 10.1. The fourth-order valence-corrected chi connectivity index (χ4v) is 0.495. The largest absolute Gasteiger partial charge is 0.466 e. The molecule has 0 radical (unpaired) electrons. The number of esters is 1. The molecule has 0 rings (SSSR count). The minimum Gasteiger partial charge on any atom is -0.466 e. The average Bonchev–Trinajstić information content (AvgIpc) is 1.87. The molecule has 10 heavy (non-hydrogen) atoms. The van der Waals surface area contributed by atoms with E-state index in [2.05, 4.69) is 4.74 Å². The molecule has 0 aliphatic carbocycles. The molecule has 3 heteroatoms. The van der Waals surface area contributed by atoms with Gasteiger partial charge < -0.3 is 9.84 Å². The average molecular weight is 146 g/mol. The van der Waals surface area contributed by atoms with Crippen LogP contribution in [0.2, 0.25) is 0 Å². The van der Waals surface area contributed by atoms with Gasteiger partial charge in [0.15, 0.2) is 0 Å². The van der Waals surface area contributed by atoms with Crippen molar-refractivity contribution in [2.45, 2.75) is 20.3 Å². The number of carbonyl (C=O) groups excluding carboxylic acids is 1. The molecule has 3 nitrogen and oxygen atoms in total. The van der Waals surface area contributed by atoms with Crippen molar-refractivity contribution in [3.8, 4) is 0 Å². The van der Waals surface area contributed by atoms with Crippen molar-refractivity contribution in [1.82, 2.24) is 0 Å². The van der Waals surface area contributed by atoms with Gasteiger partial charge in [0.05, 0.1) is 6.61 Å². The molecular weight excluding hydrogens is 132 g/mol. The smallest absolute Gasteiger partial charge is 0.302 e. The van der Waals surface area contributed by atoms with E-state index < -0.39 is 0 Å². The van der Waals surface area contributed by atoms with Crippen LogP contribution in [0.3, 0.4) is 0 Å². The molecule has 0 aromatic heterocycles. The number of rotatable bonds is 4. The van der Waals surface area contributed by atoms with Crippen LogP contribution in [0.1, 0.15) is 20.3 Å². The molecule has 0 aromatic rings. The summed E-state index contributed by atoms with van der Waals surface area (Å²) >= 11 is 0. The monoisotopic (exact) mass is 146 g/mol. The van der Waals surface area contributed by atoms with Gasteiger partial charge in [-0.15, -0.1) is 0 Å². The first-order chi connectivity index (χ1) is 4.66. The molecule has 0 heterocycles. The summed E-state index contributed by atoms with van der Waals surface area (Å²) in [7, 11) is 0. The van der Waals surface area contributed by atoms with Crippen LogP contribution >= 0.6 is 0 Å². The van der Waals surface area contributed by atoms with Crippen LogP contribution in [-0.4, -0.2) is 24.3 Å². The van der Waals surface area contributed by atoms with Crippen molar-refractivity contribution in [1.29, 1.82) is 0 Å². The van der Waals surface area contributed by atoms with E-state index in [-0.39, 0.29) is 18.5 Å². The Hall–Kier alpha value is -0.570. The molecule has 0 amide bonds. The number of hydrogen-bond acceptors (Lipinski definition) is 3. The Bertz CT molecular complexity index is 101. The quantitative estimate of drug-likeness (QED) is 0.590. The molecule has 0 bridgehead atoms. The lowest BCUT2D eigenvalue weighted by Crippen LogP contribution is -2.07. The van der Waals surface area contributed by atoms with E-state index in [1.165, 1.54) is 6.92 Å². The van der Waals surface area contributed by atoms with Gasteiger partial charge in [-0.05, 0) is 12.3 Å². The van der Waals surface area contributed by atoms with E-state index in [0.29, 0.717) is 6.61 Å². The minimum absolute atomic E-state index is 0.154. The third-order valence-electron chi connectivity index (χ3n) is 1.23. The maximum Gasteiger partial charge on any atom is 0.302 e. The van der Waals surface area contributed by atoms with E-state index >= 15 is 0 Å². The van der Waals surface area contributed by atoms with Crippen LogP contribution in [0.25, 0.3) is 0 Å². The Morgan fingerprint density at radius 1 is 1.70 bits per heavy atom. The Morgan fingerprint density at radius 3 is 2.70 bits per heavy atom. The van der Waals surface area contributed by atoms with Crippen LogP contribution in [0, 0.1) is 5.92 Å². The van der Waals surface area contributed by atoms with Crippen molar-refractivity contribution in [3.05, 3.63) is 0 Å². The first kappa shape index (κ1) is 9.43. The summed E-state index contributed by atoms with van der Waals surface area (Å²) in [5, 5.41) is 8.56. The zero-order chi connectivity index (χ0) is 7.98. The maximum absolute atomic E-state index is 10.2. The normalized spacial score (nSPS) is 12.7. The molecule has 0 aliphatic rings. The number of aliphatic hydroxyl groups is 1. The highest BCUT2D eigenvalue weighted by atomic mass is 16.5. The van der Waals surface area contributed by atoms with Crippen LogP contribution in [0.15, 0.2) is 0 Å². The van der Waals surface area contributed by atoms with Crippen molar-refractivity contribution in [2.75, 3.05) is 13.2 Å². The second kappa shape index (κ2) is 5.23. The molecule has 0 saturated carbocycles. The predicted octanol–water partition coefficient (Wildman–Crippen LogP) is 0.568. The summed E-state index contributed by atoms with van der Waals surface area (Å²) in [4.78, 5) is 10.2. The molecule has 0 unspecified atom stereocenters. The van der Waals surface area contributed by atoms with Gasteiger partial charge in [-0.2, -0.15) is 0 Å². The summed E-state index contributed by atoms with van der Waals surface area (Å²) in [6.07, 6.45) is 0.732. The van der Waals surface area contributed by atoms with Crippen LogP contribution < -0.4 is 0 Å². The summed E-state index contributed by atoms with van der Waals surface area (Å²) in [5.41, 5.74) is 0. The van der Waals surface area contributed by atoms with Gasteiger partial charge in [-0.25, -0.2) is 0 Å². The van der Waals surface area contributed by atoms with Gasteiger partial charge in [0.25, 0.3) is 0 Å². The standard InChI is InChI=1S/C7H14O3/c1-6(5-8)3-4-10-7(2)9/h6,8H,3-5H2,1-2H3/t6-/m1/s1. The van der Waals surface area contributed by atoms with Crippen LogP contribution in [0.5, 0.6) is 0 Å².